The summed E-state index contributed by atoms with van der Waals surface area (Å²) in [7, 11) is 0. The lowest BCUT2D eigenvalue weighted by atomic mass is 10.1. The molecule has 0 unspecified atom stereocenters. The molecule has 36 heavy (non-hydrogen) atoms. The van der Waals surface area contributed by atoms with Gasteiger partial charge in [-0.15, -0.1) is 11.3 Å². The highest BCUT2D eigenvalue weighted by atomic mass is 32.1. The number of thiophene rings is 1. The van der Waals surface area contributed by atoms with E-state index in [1.54, 1.807) is 26.0 Å². The van der Waals surface area contributed by atoms with Crippen molar-refractivity contribution in [1.29, 1.82) is 0 Å². The number of rotatable bonds is 10. The van der Waals surface area contributed by atoms with Crippen molar-refractivity contribution in [2.24, 2.45) is 0 Å². The number of anilines is 1. The Morgan fingerprint density at radius 3 is 2.61 bits per heavy atom. The average Bonchev–Trinajstić information content (AvgIpc) is 3.60. The Labute approximate surface area is 213 Å². The fourth-order valence-electron chi connectivity index (χ4n) is 4.04. The Balaban J connectivity index is 1.47. The molecule has 0 aliphatic heterocycles. The van der Waals surface area contributed by atoms with Gasteiger partial charge in [0.2, 0.25) is 0 Å². The van der Waals surface area contributed by atoms with E-state index in [-0.39, 0.29) is 41.0 Å². The number of benzene rings is 1. The number of fused-ring (bicyclic) bond motifs is 1. The summed E-state index contributed by atoms with van der Waals surface area (Å²) in [5.74, 6) is -0.431. The molecule has 1 aromatic carbocycles. The van der Waals surface area contributed by atoms with Gasteiger partial charge in [0, 0.05) is 0 Å². The summed E-state index contributed by atoms with van der Waals surface area (Å²) < 4.78 is 21.9. The van der Waals surface area contributed by atoms with Gasteiger partial charge in [0.05, 0.1) is 18.8 Å². The number of amides is 1. The minimum absolute atomic E-state index is 0.0548. The lowest BCUT2D eigenvalue weighted by Gasteiger charge is -2.07. The first-order valence-electron chi connectivity index (χ1n) is 12.0. The second-order valence-corrected chi connectivity index (χ2v) is 9.43. The standard InChI is InChI=1S/C27H29NO7S/c1-4-13-33-26(30)22-16(3)23(27(31)32-5-2)36-25(22)28-24(29)21-12-11-20(35-21)15-34-19-10-9-17-7-6-8-18(17)14-19/h9-12,14H,4-8,13,15H2,1-3H3,(H,28,29). The smallest absolute Gasteiger partial charge is 0.348 e. The highest BCUT2D eigenvalue weighted by molar-refractivity contribution is 7.18. The first-order valence-corrected chi connectivity index (χ1v) is 12.8. The van der Waals surface area contributed by atoms with Crippen LogP contribution < -0.4 is 10.1 Å². The van der Waals surface area contributed by atoms with Crippen molar-refractivity contribution in [2.75, 3.05) is 18.5 Å². The van der Waals surface area contributed by atoms with Gasteiger partial charge in [0.15, 0.2) is 5.76 Å². The molecule has 0 bridgehead atoms. The zero-order valence-electron chi connectivity index (χ0n) is 20.6. The molecular formula is C27H29NO7S. The van der Waals surface area contributed by atoms with Crippen LogP contribution in [0.4, 0.5) is 5.00 Å². The van der Waals surface area contributed by atoms with Crippen molar-refractivity contribution in [3.05, 3.63) is 69.0 Å². The van der Waals surface area contributed by atoms with Gasteiger partial charge in [-0.3, -0.25) is 4.79 Å². The van der Waals surface area contributed by atoms with Gasteiger partial charge in [0.25, 0.3) is 5.91 Å². The van der Waals surface area contributed by atoms with Gasteiger partial charge in [-0.05, 0) is 80.5 Å². The molecule has 4 rings (SSSR count). The molecule has 8 nitrogen and oxygen atoms in total. The Kier molecular flexibility index (Phi) is 8.10. The second-order valence-electron chi connectivity index (χ2n) is 8.41. The highest BCUT2D eigenvalue weighted by Gasteiger charge is 2.28. The molecule has 0 saturated carbocycles. The van der Waals surface area contributed by atoms with Crippen molar-refractivity contribution in [3.8, 4) is 5.75 Å². The molecule has 9 heteroatoms. The van der Waals surface area contributed by atoms with Crippen molar-refractivity contribution in [1.82, 2.24) is 0 Å². The van der Waals surface area contributed by atoms with Crippen LogP contribution in [0.2, 0.25) is 0 Å². The monoisotopic (exact) mass is 511 g/mol. The summed E-state index contributed by atoms with van der Waals surface area (Å²) >= 11 is 0.969. The van der Waals surface area contributed by atoms with E-state index < -0.39 is 17.8 Å². The lowest BCUT2D eigenvalue weighted by molar-refractivity contribution is 0.0506. The summed E-state index contributed by atoms with van der Waals surface area (Å²) in [6.07, 6.45) is 3.98. The topological polar surface area (TPSA) is 104 Å². The van der Waals surface area contributed by atoms with E-state index in [0.717, 1.165) is 29.9 Å². The largest absolute Gasteiger partial charge is 0.486 e. The van der Waals surface area contributed by atoms with Gasteiger partial charge >= 0.3 is 11.9 Å². The second kappa shape index (κ2) is 11.4. The van der Waals surface area contributed by atoms with E-state index in [2.05, 4.69) is 17.4 Å². The van der Waals surface area contributed by atoms with Crippen LogP contribution in [0, 0.1) is 6.92 Å². The quantitative estimate of drug-likeness (QED) is 0.348. The third-order valence-corrected chi connectivity index (χ3v) is 7.00. The SMILES string of the molecule is CCCOC(=O)c1c(NC(=O)c2ccc(COc3ccc4c(c3)CCC4)o2)sc(C(=O)OCC)c1C. The molecule has 2 heterocycles. The predicted molar refractivity (Wildman–Crippen MR) is 135 cm³/mol. The van der Waals surface area contributed by atoms with Crippen molar-refractivity contribution >= 4 is 34.2 Å². The minimum atomic E-state index is -0.612. The highest BCUT2D eigenvalue weighted by Crippen LogP contribution is 2.35. The van der Waals surface area contributed by atoms with Crippen molar-refractivity contribution in [2.45, 2.75) is 53.1 Å². The summed E-state index contributed by atoms with van der Waals surface area (Å²) in [5, 5.41) is 2.90. The van der Waals surface area contributed by atoms with Gasteiger partial charge in [-0.25, -0.2) is 9.59 Å². The first-order chi connectivity index (χ1) is 17.4. The maximum atomic E-state index is 12.9. The molecule has 0 spiro atoms. The Hall–Kier alpha value is -3.59. The van der Waals surface area contributed by atoms with Crippen molar-refractivity contribution < 1.29 is 33.0 Å². The van der Waals surface area contributed by atoms with Gasteiger partial charge < -0.3 is 23.9 Å². The average molecular weight is 512 g/mol. The number of carbonyl (C=O) groups is 3. The third-order valence-electron chi connectivity index (χ3n) is 5.81. The van der Waals surface area contributed by atoms with Crippen LogP contribution >= 0.6 is 11.3 Å². The van der Waals surface area contributed by atoms with Crippen LogP contribution in [0.3, 0.4) is 0 Å². The number of ether oxygens (including phenoxy) is 3. The fraction of sp³-hybridized carbons (Fsp3) is 0.370. The van der Waals surface area contributed by atoms with Crippen LogP contribution in [0.25, 0.3) is 0 Å². The Bertz CT molecular complexity index is 1270. The zero-order chi connectivity index (χ0) is 25.7. The molecule has 1 N–H and O–H groups in total. The molecule has 2 aromatic heterocycles. The molecule has 0 saturated heterocycles. The fourth-order valence-corrected chi connectivity index (χ4v) is 5.12. The summed E-state index contributed by atoms with van der Waals surface area (Å²) in [4.78, 5) is 38.2. The van der Waals surface area contributed by atoms with Crippen LogP contribution in [0.1, 0.15) is 79.7 Å². The van der Waals surface area contributed by atoms with E-state index in [0.29, 0.717) is 17.7 Å². The molecule has 1 aliphatic rings. The number of furan rings is 1. The third kappa shape index (κ3) is 5.62. The lowest BCUT2D eigenvalue weighted by Crippen LogP contribution is -2.14. The Morgan fingerprint density at radius 1 is 1.03 bits per heavy atom. The number of esters is 2. The molecule has 0 atom stereocenters. The number of hydrogen-bond acceptors (Lipinski definition) is 8. The Morgan fingerprint density at radius 2 is 1.83 bits per heavy atom. The first kappa shape index (κ1) is 25.5. The van der Waals surface area contributed by atoms with Gasteiger partial charge in [-0.2, -0.15) is 0 Å². The van der Waals surface area contributed by atoms with E-state index >= 15 is 0 Å². The maximum absolute atomic E-state index is 12.9. The normalized spacial score (nSPS) is 12.2. The molecule has 0 fully saturated rings. The summed E-state index contributed by atoms with van der Waals surface area (Å²) in [5.41, 5.74) is 3.22. The molecule has 3 aromatic rings. The minimum Gasteiger partial charge on any atom is -0.486 e. The number of carbonyl (C=O) groups excluding carboxylic acids is 3. The maximum Gasteiger partial charge on any atom is 0.348 e. The van der Waals surface area contributed by atoms with Crippen LogP contribution in [0.5, 0.6) is 5.75 Å². The van der Waals surface area contributed by atoms with Crippen molar-refractivity contribution in [3.63, 3.8) is 0 Å². The van der Waals surface area contributed by atoms with E-state index in [1.807, 2.05) is 13.0 Å². The summed E-state index contributed by atoms with van der Waals surface area (Å²) in [6, 6.07) is 9.30. The number of hydrogen-bond donors (Lipinski definition) is 1. The van der Waals surface area contributed by atoms with E-state index in [1.165, 1.54) is 17.5 Å². The van der Waals surface area contributed by atoms with Crippen LogP contribution in [-0.4, -0.2) is 31.1 Å². The molecule has 1 aliphatic carbocycles. The summed E-state index contributed by atoms with van der Waals surface area (Å²) in [6.45, 7) is 5.79. The van der Waals surface area contributed by atoms with E-state index in [9.17, 15) is 14.4 Å². The van der Waals surface area contributed by atoms with E-state index in [4.69, 9.17) is 18.6 Å². The molecular weight excluding hydrogens is 482 g/mol. The molecule has 0 radical (unpaired) electrons. The molecule has 190 valence electrons. The van der Waals surface area contributed by atoms with Gasteiger partial charge in [-0.1, -0.05) is 13.0 Å². The molecule has 1 amide bonds. The number of nitrogens with one attached hydrogen (secondary N) is 1. The predicted octanol–water partition coefficient (Wildman–Crippen LogP) is 5.71. The van der Waals surface area contributed by atoms with Gasteiger partial charge in [0.1, 0.15) is 28.0 Å². The van der Waals surface area contributed by atoms with Crippen LogP contribution in [-0.2, 0) is 28.9 Å². The number of aryl methyl sites for hydroxylation is 2. The zero-order valence-corrected chi connectivity index (χ0v) is 21.4. The van der Waals surface area contributed by atoms with Crippen LogP contribution in [0.15, 0.2) is 34.7 Å².